The molecule has 0 atom stereocenters. The highest BCUT2D eigenvalue weighted by atomic mass is 32.2. The topological polar surface area (TPSA) is 76.9 Å². The third-order valence-corrected chi connectivity index (χ3v) is 5.43. The molecule has 3 aromatic rings. The van der Waals surface area contributed by atoms with E-state index in [2.05, 4.69) is 15.4 Å². The minimum Gasteiger partial charge on any atom is -0.366 e. The van der Waals surface area contributed by atoms with Gasteiger partial charge in [0.2, 0.25) is 0 Å². The van der Waals surface area contributed by atoms with Crippen LogP contribution >= 0.6 is 0 Å². The van der Waals surface area contributed by atoms with E-state index in [4.69, 9.17) is 0 Å². The number of nitrogens with one attached hydrogen (secondary N) is 1. The number of anilines is 1. The van der Waals surface area contributed by atoms with Gasteiger partial charge in [-0.05, 0) is 31.2 Å². The summed E-state index contributed by atoms with van der Waals surface area (Å²) >= 11 is 0. The molecule has 154 valence electrons. The molecule has 0 unspecified atom stereocenters. The molecule has 0 aliphatic heterocycles. The Labute approximate surface area is 166 Å². The molecule has 0 aliphatic carbocycles. The minimum absolute atomic E-state index is 0.0604. The Morgan fingerprint density at radius 1 is 1.14 bits per heavy atom. The molecule has 3 rings (SSSR count). The van der Waals surface area contributed by atoms with Crippen LogP contribution in [-0.4, -0.2) is 29.4 Å². The normalized spacial score (nSPS) is 12.2. The van der Waals surface area contributed by atoms with Crippen molar-refractivity contribution < 1.29 is 21.6 Å². The van der Waals surface area contributed by atoms with Gasteiger partial charge in [0.15, 0.2) is 9.84 Å². The van der Waals surface area contributed by atoms with E-state index in [9.17, 15) is 21.6 Å². The molecule has 1 aromatic carbocycles. The van der Waals surface area contributed by atoms with Crippen molar-refractivity contribution in [3.63, 3.8) is 0 Å². The summed E-state index contributed by atoms with van der Waals surface area (Å²) in [5.41, 5.74) is 1.23. The number of halogens is 3. The average molecular weight is 424 g/mol. The second kappa shape index (κ2) is 7.51. The molecule has 29 heavy (non-hydrogen) atoms. The predicted molar refractivity (Wildman–Crippen MR) is 103 cm³/mol. The van der Waals surface area contributed by atoms with Crippen LogP contribution in [0.15, 0.2) is 47.5 Å². The van der Waals surface area contributed by atoms with Gasteiger partial charge in [-0.3, -0.25) is 4.68 Å². The first-order valence-electron chi connectivity index (χ1n) is 8.56. The number of aromatic nitrogens is 3. The number of pyridine rings is 1. The zero-order chi connectivity index (χ0) is 21.4. The summed E-state index contributed by atoms with van der Waals surface area (Å²) in [4.78, 5) is 4.35. The van der Waals surface area contributed by atoms with Crippen molar-refractivity contribution in [1.29, 1.82) is 0 Å². The van der Waals surface area contributed by atoms with Crippen LogP contribution < -0.4 is 5.32 Å². The van der Waals surface area contributed by atoms with Crippen molar-refractivity contribution in [3.05, 3.63) is 59.4 Å². The van der Waals surface area contributed by atoms with E-state index in [1.54, 1.807) is 17.9 Å². The van der Waals surface area contributed by atoms with Gasteiger partial charge in [0.25, 0.3) is 0 Å². The summed E-state index contributed by atoms with van der Waals surface area (Å²) in [5, 5.41) is 7.11. The molecule has 0 fully saturated rings. The molecule has 0 saturated heterocycles. The molecular weight excluding hydrogens is 405 g/mol. The van der Waals surface area contributed by atoms with E-state index >= 15 is 0 Å². The van der Waals surface area contributed by atoms with E-state index in [1.165, 1.54) is 24.3 Å². The Balaban J connectivity index is 1.96. The lowest BCUT2D eigenvalue weighted by Crippen LogP contribution is -2.09. The van der Waals surface area contributed by atoms with E-state index in [0.717, 1.165) is 29.6 Å². The summed E-state index contributed by atoms with van der Waals surface area (Å²) in [6.45, 7) is 2.08. The summed E-state index contributed by atoms with van der Waals surface area (Å²) in [6, 6.07) is 7.45. The molecule has 1 N–H and O–H groups in total. The van der Waals surface area contributed by atoms with Gasteiger partial charge in [0.1, 0.15) is 5.82 Å². The molecule has 6 nitrogen and oxygen atoms in total. The van der Waals surface area contributed by atoms with Crippen molar-refractivity contribution in [3.8, 4) is 11.3 Å². The number of rotatable bonds is 5. The van der Waals surface area contributed by atoms with Crippen LogP contribution in [0.5, 0.6) is 0 Å². The van der Waals surface area contributed by atoms with Gasteiger partial charge in [0, 0.05) is 37.2 Å². The molecule has 2 heterocycles. The zero-order valence-corrected chi connectivity index (χ0v) is 16.8. The van der Waals surface area contributed by atoms with Crippen molar-refractivity contribution in [2.45, 2.75) is 24.5 Å². The van der Waals surface area contributed by atoms with Crippen molar-refractivity contribution in [2.75, 3.05) is 11.6 Å². The Bertz CT molecular complexity index is 1140. The van der Waals surface area contributed by atoms with Crippen LogP contribution in [0.1, 0.15) is 16.8 Å². The largest absolute Gasteiger partial charge is 0.416 e. The monoisotopic (exact) mass is 424 g/mol. The van der Waals surface area contributed by atoms with Crippen LogP contribution in [0.4, 0.5) is 19.0 Å². The van der Waals surface area contributed by atoms with Gasteiger partial charge in [-0.1, -0.05) is 12.1 Å². The highest BCUT2D eigenvalue weighted by Crippen LogP contribution is 2.33. The molecule has 2 aromatic heterocycles. The van der Waals surface area contributed by atoms with E-state index in [-0.39, 0.29) is 23.0 Å². The lowest BCUT2D eigenvalue weighted by Gasteiger charge is -2.13. The SMILES string of the molecule is Cc1nn(C)cc1CNc1cc(C(F)(F)F)cc(-c2ccc(S(C)(=O)=O)cc2)n1. The summed E-state index contributed by atoms with van der Waals surface area (Å²) in [5.74, 6) is 0.0604. The third kappa shape index (κ3) is 4.94. The summed E-state index contributed by atoms with van der Waals surface area (Å²) in [7, 11) is -1.64. The maximum absolute atomic E-state index is 13.4. The second-order valence-corrected chi connectivity index (χ2v) is 8.70. The molecule has 0 amide bonds. The molecule has 0 radical (unpaired) electrons. The Hall–Kier alpha value is -2.88. The molecule has 0 aliphatic rings. The van der Waals surface area contributed by atoms with Crippen LogP contribution in [0.25, 0.3) is 11.3 Å². The fourth-order valence-electron chi connectivity index (χ4n) is 2.81. The zero-order valence-electron chi connectivity index (χ0n) is 15.9. The van der Waals surface area contributed by atoms with Crippen LogP contribution in [0.3, 0.4) is 0 Å². The van der Waals surface area contributed by atoms with Crippen LogP contribution in [0.2, 0.25) is 0 Å². The Morgan fingerprint density at radius 3 is 2.31 bits per heavy atom. The number of hydrogen-bond acceptors (Lipinski definition) is 5. The highest BCUT2D eigenvalue weighted by molar-refractivity contribution is 7.90. The molecule has 0 bridgehead atoms. The first kappa shape index (κ1) is 20.8. The van der Waals surface area contributed by atoms with Gasteiger partial charge in [-0.25, -0.2) is 13.4 Å². The molecular formula is C19H19F3N4O2S. The smallest absolute Gasteiger partial charge is 0.366 e. The highest BCUT2D eigenvalue weighted by Gasteiger charge is 2.31. The lowest BCUT2D eigenvalue weighted by atomic mass is 10.1. The number of sulfone groups is 1. The third-order valence-electron chi connectivity index (χ3n) is 4.31. The maximum Gasteiger partial charge on any atom is 0.416 e. The molecule has 10 heteroatoms. The fraction of sp³-hybridized carbons (Fsp3) is 0.263. The van der Waals surface area contributed by atoms with Gasteiger partial charge in [-0.15, -0.1) is 0 Å². The van der Waals surface area contributed by atoms with Crippen LogP contribution in [0, 0.1) is 6.92 Å². The first-order valence-corrected chi connectivity index (χ1v) is 10.5. The number of hydrogen-bond donors (Lipinski definition) is 1. The van der Waals surface area contributed by atoms with E-state index < -0.39 is 21.6 Å². The van der Waals surface area contributed by atoms with E-state index in [0.29, 0.717) is 5.56 Å². The standard InChI is InChI=1S/C19H19F3N4O2S/c1-12-14(11-26(2)25-12)10-23-18-9-15(19(20,21)22)8-17(24-18)13-4-6-16(7-5-13)29(3,27)28/h4-9,11H,10H2,1-3H3,(H,23,24). The second-order valence-electron chi connectivity index (χ2n) is 6.69. The number of benzene rings is 1. The van der Waals surface area contributed by atoms with E-state index in [1.807, 2.05) is 6.92 Å². The van der Waals surface area contributed by atoms with Gasteiger partial charge < -0.3 is 5.32 Å². The van der Waals surface area contributed by atoms with Gasteiger partial charge in [-0.2, -0.15) is 18.3 Å². The van der Waals surface area contributed by atoms with Gasteiger partial charge in [0.05, 0.1) is 21.8 Å². The predicted octanol–water partition coefficient (Wildman–Crippen LogP) is 3.82. The molecule has 0 saturated carbocycles. The number of alkyl halides is 3. The summed E-state index contributed by atoms with van der Waals surface area (Å²) < 4.78 is 64.9. The number of aryl methyl sites for hydroxylation is 2. The maximum atomic E-state index is 13.4. The quantitative estimate of drug-likeness (QED) is 0.674. The van der Waals surface area contributed by atoms with Crippen molar-refractivity contribution >= 4 is 15.7 Å². The van der Waals surface area contributed by atoms with Crippen LogP contribution in [-0.2, 0) is 29.6 Å². The van der Waals surface area contributed by atoms with Crippen molar-refractivity contribution in [2.24, 2.45) is 7.05 Å². The fourth-order valence-corrected chi connectivity index (χ4v) is 3.44. The molecule has 0 spiro atoms. The minimum atomic E-state index is -4.55. The average Bonchev–Trinajstić information content (AvgIpc) is 2.95. The number of nitrogens with zero attached hydrogens (tertiary/aromatic N) is 3. The Kier molecular flexibility index (Phi) is 5.40. The Morgan fingerprint density at radius 2 is 1.79 bits per heavy atom. The van der Waals surface area contributed by atoms with Crippen molar-refractivity contribution in [1.82, 2.24) is 14.8 Å². The lowest BCUT2D eigenvalue weighted by molar-refractivity contribution is -0.137. The first-order chi connectivity index (χ1) is 13.4. The van der Waals surface area contributed by atoms with Gasteiger partial charge >= 0.3 is 6.18 Å². The summed E-state index contributed by atoms with van der Waals surface area (Å²) in [6.07, 6.45) is -1.71.